The van der Waals surface area contributed by atoms with E-state index in [2.05, 4.69) is 26.2 Å². The van der Waals surface area contributed by atoms with E-state index in [9.17, 15) is 9.59 Å². The Bertz CT molecular complexity index is 469. The van der Waals surface area contributed by atoms with Gasteiger partial charge >= 0.3 is 5.97 Å². The molecule has 2 N–H and O–H groups in total. The van der Waals surface area contributed by atoms with Crippen LogP contribution in [0.1, 0.15) is 31.1 Å². The second-order valence-electron chi connectivity index (χ2n) is 4.95. The summed E-state index contributed by atoms with van der Waals surface area (Å²) in [4.78, 5) is 27.1. The van der Waals surface area contributed by atoms with Crippen LogP contribution < -0.4 is 5.32 Å². The largest absolute Gasteiger partial charge is 0.480 e. The summed E-state index contributed by atoms with van der Waals surface area (Å²) in [5.41, 5.74) is -0.260. The maximum atomic E-state index is 12.0. The van der Waals surface area contributed by atoms with Crippen LogP contribution >= 0.6 is 15.9 Å². The normalized spacial score (nSPS) is 12.9. The number of hydrogen-bond acceptors (Lipinski definition) is 3. The number of nitrogens with one attached hydrogen (secondary N) is 1. The van der Waals surface area contributed by atoms with Crippen molar-refractivity contribution in [1.29, 1.82) is 0 Å². The molecule has 1 unspecified atom stereocenters. The van der Waals surface area contributed by atoms with Crippen LogP contribution in [0.15, 0.2) is 22.9 Å². The molecule has 18 heavy (non-hydrogen) atoms. The summed E-state index contributed by atoms with van der Waals surface area (Å²) in [5, 5.41) is 11.6. The van der Waals surface area contributed by atoms with Crippen LogP contribution in [0.25, 0.3) is 0 Å². The molecule has 0 aliphatic heterocycles. The molecule has 1 atom stereocenters. The Kier molecular flexibility index (Phi) is 4.45. The number of carbonyl (C=O) groups is 2. The van der Waals surface area contributed by atoms with E-state index in [4.69, 9.17) is 5.11 Å². The third-order valence-corrected chi connectivity index (χ3v) is 3.02. The van der Waals surface area contributed by atoms with Crippen molar-refractivity contribution in [2.75, 3.05) is 0 Å². The minimum absolute atomic E-state index is 0.313. The first kappa shape index (κ1) is 14.6. The van der Waals surface area contributed by atoms with Crippen molar-refractivity contribution in [3.63, 3.8) is 0 Å². The fraction of sp³-hybridized carbons (Fsp3) is 0.417. The zero-order valence-corrected chi connectivity index (χ0v) is 12.0. The number of carboxylic acid groups (broad SMARTS) is 1. The molecule has 0 aliphatic carbocycles. The second kappa shape index (κ2) is 5.48. The molecule has 1 aromatic rings. The fourth-order valence-corrected chi connectivity index (χ4v) is 1.84. The summed E-state index contributed by atoms with van der Waals surface area (Å²) >= 11 is 3.15. The van der Waals surface area contributed by atoms with E-state index in [1.165, 1.54) is 0 Å². The van der Waals surface area contributed by atoms with Gasteiger partial charge in [0.05, 0.1) is 5.56 Å². The van der Waals surface area contributed by atoms with Crippen molar-refractivity contribution in [2.45, 2.75) is 26.8 Å². The summed E-state index contributed by atoms with van der Waals surface area (Å²) in [5.74, 6) is -1.52. The molecule has 0 bridgehead atoms. The van der Waals surface area contributed by atoms with Crippen molar-refractivity contribution in [2.24, 2.45) is 5.41 Å². The molecule has 0 radical (unpaired) electrons. The van der Waals surface area contributed by atoms with Gasteiger partial charge in [0.2, 0.25) is 0 Å². The highest BCUT2D eigenvalue weighted by Crippen LogP contribution is 2.20. The first-order chi connectivity index (χ1) is 8.23. The summed E-state index contributed by atoms with van der Waals surface area (Å²) in [7, 11) is 0. The lowest BCUT2D eigenvalue weighted by Gasteiger charge is -2.27. The molecule has 6 heteroatoms. The first-order valence-corrected chi connectivity index (χ1v) is 6.17. The van der Waals surface area contributed by atoms with Gasteiger partial charge in [-0.15, -0.1) is 0 Å². The molecule has 0 fully saturated rings. The van der Waals surface area contributed by atoms with Gasteiger partial charge < -0.3 is 10.4 Å². The van der Waals surface area contributed by atoms with Crippen LogP contribution in [-0.2, 0) is 4.79 Å². The summed E-state index contributed by atoms with van der Waals surface area (Å²) in [6.45, 7) is 5.26. The minimum atomic E-state index is -1.06. The molecule has 98 valence electrons. The van der Waals surface area contributed by atoms with Gasteiger partial charge in [0, 0.05) is 6.20 Å². The average molecular weight is 315 g/mol. The number of aromatic nitrogens is 1. The number of carbonyl (C=O) groups excluding carboxylic acids is 1. The third-order valence-electron chi connectivity index (χ3n) is 2.39. The van der Waals surface area contributed by atoms with E-state index in [0.717, 1.165) is 0 Å². The number of carboxylic acids is 1. The first-order valence-electron chi connectivity index (χ1n) is 5.37. The molecule has 0 spiro atoms. The third kappa shape index (κ3) is 3.53. The Morgan fingerprint density at radius 2 is 2.06 bits per heavy atom. The zero-order chi connectivity index (χ0) is 13.9. The zero-order valence-electron chi connectivity index (χ0n) is 10.4. The van der Waals surface area contributed by atoms with Crippen LogP contribution in [-0.4, -0.2) is 28.0 Å². The quantitative estimate of drug-likeness (QED) is 0.837. The number of aliphatic carboxylic acids is 1. The van der Waals surface area contributed by atoms with E-state index >= 15 is 0 Å². The molecule has 0 saturated heterocycles. The van der Waals surface area contributed by atoms with E-state index < -0.39 is 23.3 Å². The van der Waals surface area contributed by atoms with Crippen LogP contribution in [0.4, 0.5) is 0 Å². The van der Waals surface area contributed by atoms with Crippen molar-refractivity contribution < 1.29 is 14.7 Å². The lowest BCUT2D eigenvalue weighted by atomic mass is 9.86. The number of hydrogen-bond donors (Lipinski definition) is 2. The molecule has 5 nitrogen and oxygen atoms in total. The second-order valence-corrected chi connectivity index (χ2v) is 5.70. The molecule has 1 rings (SSSR count). The van der Waals surface area contributed by atoms with Crippen LogP contribution in [0.3, 0.4) is 0 Å². The minimum Gasteiger partial charge on any atom is -0.480 e. The highest BCUT2D eigenvalue weighted by atomic mass is 79.9. The van der Waals surface area contributed by atoms with E-state index in [0.29, 0.717) is 10.2 Å². The predicted molar refractivity (Wildman–Crippen MR) is 70.3 cm³/mol. The van der Waals surface area contributed by atoms with Crippen molar-refractivity contribution >= 4 is 27.8 Å². The predicted octanol–water partition coefficient (Wildman–Crippen LogP) is 2.07. The van der Waals surface area contributed by atoms with Crippen molar-refractivity contribution in [3.05, 3.63) is 28.5 Å². The van der Waals surface area contributed by atoms with E-state index in [-0.39, 0.29) is 0 Å². The van der Waals surface area contributed by atoms with Gasteiger partial charge in [-0.2, -0.15) is 0 Å². The average Bonchev–Trinajstić information content (AvgIpc) is 2.24. The van der Waals surface area contributed by atoms with Gasteiger partial charge in [0.25, 0.3) is 5.91 Å². The van der Waals surface area contributed by atoms with Crippen LogP contribution in [0.2, 0.25) is 0 Å². The number of halogens is 1. The Balaban J connectivity index is 2.93. The lowest BCUT2D eigenvalue weighted by molar-refractivity contribution is -0.142. The van der Waals surface area contributed by atoms with Gasteiger partial charge in [0.1, 0.15) is 10.6 Å². The van der Waals surface area contributed by atoms with Crippen LogP contribution in [0.5, 0.6) is 0 Å². The highest BCUT2D eigenvalue weighted by molar-refractivity contribution is 9.10. The Morgan fingerprint density at radius 3 is 2.50 bits per heavy atom. The SMILES string of the molecule is CC(C)(C)C(NC(=O)c1cccnc1Br)C(=O)O. The monoisotopic (exact) mass is 314 g/mol. The fourth-order valence-electron chi connectivity index (χ4n) is 1.41. The van der Waals surface area contributed by atoms with Gasteiger partial charge in [-0.05, 0) is 33.5 Å². The molecule has 1 heterocycles. The Hall–Kier alpha value is -1.43. The Morgan fingerprint density at radius 1 is 1.44 bits per heavy atom. The number of amides is 1. The maximum absolute atomic E-state index is 12.0. The standard InChI is InChI=1S/C12H15BrN2O3/c1-12(2,3)8(11(17)18)15-10(16)7-5-4-6-14-9(7)13/h4-6,8H,1-3H3,(H,15,16)(H,17,18). The van der Waals surface area contributed by atoms with Gasteiger partial charge in [0.15, 0.2) is 0 Å². The Labute approximate surface area is 114 Å². The molecule has 1 aromatic heterocycles. The van der Waals surface area contributed by atoms with Crippen LogP contribution in [0, 0.1) is 5.41 Å². The lowest BCUT2D eigenvalue weighted by Crippen LogP contribution is -2.49. The molecular weight excluding hydrogens is 300 g/mol. The highest BCUT2D eigenvalue weighted by Gasteiger charge is 2.33. The smallest absolute Gasteiger partial charge is 0.326 e. The molecular formula is C12H15BrN2O3. The van der Waals surface area contributed by atoms with Gasteiger partial charge in [-0.3, -0.25) is 4.79 Å². The topological polar surface area (TPSA) is 79.3 Å². The van der Waals surface area contributed by atoms with Crippen molar-refractivity contribution in [3.8, 4) is 0 Å². The molecule has 0 aromatic carbocycles. The van der Waals surface area contributed by atoms with Crippen molar-refractivity contribution in [1.82, 2.24) is 10.3 Å². The number of nitrogens with zero attached hydrogens (tertiary/aromatic N) is 1. The van der Waals surface area contributed by atoms with E-state index in [1.807, 2.05) is 0 Å². The van der Waals surface area contributed by atoms with E-state index in [1.54, 1.807) is 39.1 Å². The number of rotatable bonds is 3. The van der Waals surface area contributed by atoms with Gasteiger partial charge in [-0.1, -0.05) is 20.8 Å². The summed E-state index contributed by atoms with van der Waals surface area (Å²) < 4.78 is 0.389. The number of pyridine rings is 1. The molecule has 0 aliphatic rings. The van der Waals surface area contributed by atoms with Gasteiger partial charge in [-0.25, -0.2) is 9.78 Å². The summed E-state index contributed by atoms with van der Waals surface area (Å²) in [6.07, 6.45) is 1.54. The summed E-state index contributed by atoms with van der Waals surface area (Å²) in [6, 6.07) is 2.23. The maximum Gasteiger partial charge on any atom is 0.326 e. The molecule has 0 saturated carbocycles. The molecule has 1 amide bonds.